The number of hydrogen-bond acceptors (Lipinski definition) is 2. The van der Waals surface area contributed by atoms with Crippen LogP contribution >= 0.6 is 0 Å². The number of ether oxygens (including phenoxy) is 1. The molecule has 1 rings (SSSR count). The number of carbonyl (C=O) groups is 1. The molecule has 0 aliphatic carbocycles. The van der Waals surface area contributed by atoms with E-state index in [9.17, 15) is 9.90 Å². The van der Waals surface area contributed by atoms with Crippen molar-refractivity contribution in [2.75, 3.05) is 7.11 Å². The van der Waals surface area contributed by atoms with Crippen LogP contribution in [-0.2, 0) is 9.84 Å². The molecule has 0 aliphatic heterocycles. The number of methoxy groups -OCH3 is 1. The van der Waals surface area contributed by atoms with Crippen LogP contribution in [0.15, 0.2) is 18.3 Å². The van der Waals surface area contributed by atoms with E-state index in [2.05, 4.69) is 4.74 Å². The average molecular weight is 140 g/mol. The fourth-order valence-electron chi connectivity index (χ4n) is 0.614. The molecule has 1 aromatic heterocycles. The minimum Gasteiger partial charge on any atom is -0.452 e. The lowest BCUT2D eigenvalue weighted by atomic mass is 10.7. The molecular formula is C6H6NO3. The summed E-state index contributed by atoms with van der Waals surface area (Å²) in [6.45, 7) is 0. The molecule has 0 aromatic carbocycles. The SMILES string of the molecule is COC(=O)n1cccc1[O]. The Labute approximate surface area is 57.6 Å². The highest BCUT2D eigenvalue weighted by atomic mass is 16.5. The molecule has 1 radical (unpaired) electrons. The molecule has 0 spiro atoms. The van der Waals surface area contributed by atoms with E-state index in [0.717, 1.165) is 4.57 Å². The second-order valence-corrected chi connectivity index (χ2v) is 1.69. The number of hydrogen-bond donors (Lipinski definition) is 0. The van der Waals surface area contributed by atoms with Gasteiger partial charge >= 0.3 is 6.09 Å². The maximum Gasteiger partial charge on any atom is 0.420 e. The van der Waals surface area contributed by atoms with Crippen molar-refractivity contribution < 1.29 is 14.6 Å². The van der Waals surface area contributed by atoms with Crippen LogP contribution in [0.1, 0.15) is 0 Å². The van der Waals surface area contributed by atoms with Gasteiger partial charge in [-0.2, -0.15) is 0 Å². The van der Waals surface area contributed by atoms with Crippen LogP contribution in [-0.4, -0.2) is 17.8 Å². The molecule has 1 aromatic rings. The van der Waals surface area contributed by atoms with Gasteiger partial charge in [-0.05, 0) is 6.07 Å². The normalized spacial score (nSPS) is 9.30. The number of aromatic nitrogens is 1. The van der Waals surface area contributed by atoms with E-state index < -0.39 is 6.09 Å². The van der Waals surface area contributed by atoms with Crippen LogP contribution in [0.5, 0.6) is 5.88 Å². The van der Waals surface area contributed by atoms with Gasteiger partial charge in [0.05, 0.1) is 7.11 Å². The fourth-order valence-corrected chi connectivity index (χ4v) is 0.614. The van der Waals surface area contributed by atoms with E-state index >= 15 is 0 Å². The van der Waals surface area contributed by atoms with Crippen molar-refractivity contribution in [3.05, 3.63) is 18.3 Å². The van der Waals surface area contributed by atoms with E-state index in [0.29, 0.717) is 0 Å². The average Bonchev–Trinajstić information content (AvgIpc) is 2.34. The molecule has 10 heavy (non-hydrogen) atoms. The van der Waals surface area contributed by atoms with E-state index in [1.807, 2.05) is 0 Å². The minimum atomic E-state index is -0.657. The Hall–Kier alpha value is -1.45. The first-order chi connectivity index (χ1) is 4.75. The van der Waals surface area contributed by atoms with Crippen molar-refractivity contribution in [3.8, 4) is 5.88 Å². The summed E-state index contributed by atoms with van der Waals surface area (Å²) < 4.78 is 5.19. The third kappa shape index (κ3) is 0.953. The molecule has 0 saturated heterocycles. The first kappa shape index (κ1) is 6.67. The van der Waals surface area contributed by atoms with Gasteiger partial charge in [0.25, 0.3) is 5.88 Å². The lowest BCUT2D eigenvalue weighted by Gasteiger charge is -1.97. The highest BCUT2D eigenvalue weighted by molar-refractivity contribution is 5.72. The molecule has 1 heterocycles. The topological polar surface area (TPSA) is 51.1 Å². The Morgan fingerprint density at radius 3 is 2.80 bits per heavy atom. The van der Waals surface area contributed by atoms with E-state index in [1.54, 1.807) is 0 Å². The van der Waals surface area contributed by atoms with E-state index in [4.69, 9.17) is 0 Å². The van der Waals surface area contributed by atoms with Crippen molar-refractivity contribution in [3.63, 3.8) is 0 Å². The summed E-state index contributed by atoms with van der Waals surface area (Å²) in [4.78, 5) is 10.6. The Morgan fingerprint density at radius 2 is 2.40 bits per heavy atom. The summed E-state index contributed by atoms with van der Waals surface area (Å²) in [5.41, 5.74) is 0. The zero-order valence-electron chi connectivity index (χ0n) is 5.40. The molecular weight excluding hydrogens is 134 g/mol. The Balaban J connectivity index is 2.93. The van der Waals surface area contributed by atoms with Crippen molar-refractivity contribution in [1.29, 1.82) is 0 Å². The second kappa shape index (κ2) is 2.43. The molecule has 0 aliphatic rings. The number of nitrogens with zero attached hydrogens (tertiary/aromatic N) is 1. The first-order valence-corrected chi connectivity index (χ1v) is 2.68. The molecule has 0 fully saturated rings. The second-order valence-electron chi connectivity index (χ2n) is 1.69. The van der Waals surface area contributed by atoms with Gasteiger partial charge in [-0.15, -0.1) is 0 Å². The maximum absolute atomic E-state index is 10.7. The molecule has 0 saturated carbocycles. The van der Waals surface area contributed by atoms with Crippen LogP contribution in [0, 0.1) is 0 Å². The lowest BCUT2D eigenvalue weighted by molar-refractivity contribution is 0.167. The largest absolute Gasteiger partial charge is 0.452 e. The molecule has 0 amide bonds. The number of rotatable bonds is 0. The maximum atomic E-state index is 10.7. The fraction of sp³-hybridized carbons (Fsp3) is 0.167. The van der Waals surface area contributed by atoms with Crippen molar-refractivity contribution in [2.45, 2.75) is 0 Å². The van der Waals surface area contributed by atoms with Crippen molar-refractivity contribution in [1.82, 2.24) is 4.57 Å². The Morgan fingerprint density at radius 1 is 1.70 bits per heavy atom. The van der Waals surface area contributed by atoms with Gasteiger partial charge in [-0.25, -0.2) is 9.36 Å². The smallest absolute Gasteiger partial charge is 0.420 e. The quantitative estimate of drug-likeness (QED) is 0.544. The van der Waals surface area contributed by atoms with E-state index in [-0.39, 0.29) is 5.88 Å². The zero-order chi connectivity index (χ0) is 7.56. The number of carbonyl (C=O) groups excluding carboxylic acids is 1. The van der Waals surface area contributed by atoms with Crippen molar-refractivity contribution in [2.24, 2.45) is 0 Å². The van der Waals surface area contributed by atoms with Gasteiger partial charge in [0, 0.05) is 12.3 Å². The van der Waals surface area contributed by atoms with Crippen LogP contribution < -0.4 is 0 Å². The zero-order valence-corrected chi connectivity index (χ0v) is 5.40. The van der Waals surface area contributed by atoms with Crippen molar-refractivity contribution >= 4 is 6.09 Å². The van der Waals surface area contributed by atoms with E-state index in [1.165, 1.54) is 25.4 Å². The molecule has 53 valence electrons. The minimum absolute atomic E-state index is 0.369. The molecule has 0 N–H and O–H groups in total. The van der Waals surface area contributed by atoms with Gasteiger partial charge in [-0.3, -0.25) is 5.11 Å². The predicted octanol–water partition coefficient (Wildman–Crippen LogP) is 1.25. The van der Waals surface area contributed by atoms with Crippen LogP contribution in [0.2, 0.25) is 0 Å². The predicted molar refractivity (Wildman–Crippen MR) is 32.4 cm³/mol. The first-order valence-electron chi connectivity index (χ1n) is 2.68. The van der Waals surface area contributed by atoms with Crippen LogP contribution in [0.25, 0.3) is 0 Å². The highest BCUT2D eigenvalue weighted by Gasteiger charge is 2.07. The highest BCUT2D eigenvalue weighted by Crippen LogP contribution is 2.09. The third-order valence-electron chi connectivity index (χ3n) is 1.08. The Bertz CT molecular complexity index is 241. The summed E-state index contributed by atoms with van der Waals surface area (Å²) in [5.74, 6) is -0.369. The summed E-state index contributed by atoms with van der Waals surface area (Å²) in [5, 5.41) is 10.7. The summed E-state index contributed by atoms with van der Waals surface area (Å²) in [7, 11) is 1.22. The monoisotopic (exact) mass is 140 g/mol. The molecule has 4 nitrogen and oxygen atoms in total. The molecule has 0 unspecified atom stereocenters. The lowest BCUT2D eigenvalue weighted by Crippen LogP contribution is -2.08. The summed E-state index contributed by atoms with van der Waals surface area (Å²) in [6, 6.07) is 2.77. The summed E-state index contributed by atoms with van der Waals surface area (Å²) >= 11 is 0. The van der Waals surface area contributed by atoms with Gasteiger partial charge in [0.1, 0.15) is 0 Å². The van der Waals surface area contributed by atoms with Gasteiger partial charge < -0.3 is 4.74 Å². The molecule has 0 bridgehead atoms. The van der Waals surface area contributed by atoms with Gasteiger partial charge in [-0.1, -0.05) is 0 Å². The van der Waals surface area contributed by atoms with Crippen LogP contribution in [0.4, 0.5) is 4.79 Å². The van der Waals surface area contributed by atoms with Gasteiger partial charge in [0.2, 0.25) is 0 Å². The third-order valence-corrected chi connectivity index (χ3v) is 1.08. The molecule has 4 heteroatoms. The van der Waals surface area contributed by atoms with Gasteiger partial charge in [0.15, 0.2) is 0 Å². The summed E-state index contributed by atoms with van der Waals surface area (Å²) in [6.07, 6.45) is 0.698. The standard InChI is InChI=1S/C6H6NO3/c1-10-6(9)7-4-2-3-5(7)8/h2-4H,1H3. The molecule has 0 atom stereocenters. The Kier molecular flexibility index (Phi) is 1.62. The van der Waals surface area contributed by atoms with Crippen LogP contribution in [0.3, 0.4) is 0 Å².